The summed E-state index contributed by atoms with van der Waals surface area (Å²) in [5, 5.41) is 2.65. The number of rotatable bonds is 14. The Hall–Kier alpha value is -1.83. The van der Waals surface area contributed by atoms with Crippen LogP contribution in [0.3, 0.4) is 0 Å². The monoisotopic (exact) mass is 534 g/mol. The first-order chi connectivity index (χ1) is 18.1. The van der Waals surface area contributed by atoms with Crippen molar-refractivity contribution in [2.75, 3.05) is 36.6 Å². The normalized spacial score (nSPS) is 14.6. The molecule has 0 N–H and O–H groups in total. The van der Waals surface area contributed by atoms with Gasteiger partial charge in [-0.25, -0.2) is 0 Å². The summed E-state index contributed by atoms with van der Waals surface area (Å²) in [4.78, 5) is 3.66. The fourth-order valence-corrected chi connectivity index (χ4v) is 12.0. The summed E-state index contributed by atoms with van der Waals surface area (Å²) in [6.07, 6.45) is 20.4. The lowest BCUT2D eigenvalue weighted by Crippen LogP contribution is -2.35. The van der Waals surface area contributed by atoms with Gasteiger partial charge in [-0.15, -0.1) is 0 Å². The zero-order chi connectivity index (χ0) is 26.1. The van der Waals surface area contributed by atoms with Gasteiger partial charge in [0.1, 0.15) is 0 Å². The summed E-state index contributed by atoms with van der Waals surface area (Å²) in [5.41, 5.74) is 3.97. The predicted octanol–water partition coefficient (Wildman–Crippen LogP) is 9.48. The lowest BCUT2D eigenvalue weighted by atomic mass is 10.1. The van der Waals surface area contributed by atoms with Gasteiger partial charge in [0.05, 0.1) is 40.8 Å². The van der Waals surface area contributed by atoms with Gasteiger partial charge >= 0.3 is 0 Å². The van der Waals surface area contributed by atoms with Crippen LogP contribution in [-0.4, -0.2) is 31.7 Å². The van der Waals surface area contributed by atoms with Crippen LogP contribution in [-0.2, 0) is 6.54 Å². The van der Waals surface area contributed by atoms with Crippen molar-refractivity contribution >= 4 is 41.7 Å². The molecular weight excluding hydrogens is 487 g/mol. The van der Waals surface area contributed by atoms with Gasteiger partial charge in [-0.05, 0) is 49.1 Å². The van der Waals surface area contributed by atoms with Gasteiger partial charge in [-0.3, -0.25) is 0 Å². The van der Waals surface area contributed by atoms with Crippen LogP contribution in [0.2, 0.25) is 0 Å². The van der Waals surface area contributed by atoms with Crippen LogP contribution in [0.1, 0.15) is 71.3 Å². The van der Waals surface area contributed by atoms with E-state index in [-0.39, 0.29) is 0 Å². The molecule has 2 nitrogen and oxygen atoms in total. The number of pyridine rings is 1. The summed E-state index contributed by atoms with van der Waals surface area (Å²) in [5.74, 6) is 0. The standard InChI is InChI=1S/C33H47N2PS/c1-5-8-23-36(24-9-6-2,25-10-7-3)26-15-21-35-22-20-28(29-16-11-12-17-30(29)35)27-33-34(4)31-18-13-14-19-32(31)37-33/h11-14,16-20,22,27H,5-10,15,21,23-26H2,1-4H3/q+2. The first-order valence-electron chi connectivity index (χ1n) is 14.6. The van der Waals surface area contributed by atoms with E-state index in [1.54, 1.807) is 0 Å². The first-order valence-corrected chi connectivity index (χ1v) is 17.9. The van der Waals surface area contributed by atoms with Crippen molar-refractivity contribution in [2.45, 2.75) is 77.2 Å². The average molecular weight is 535 g/mol. The lowest BCUT2D eigenvalue weighted by Gasteiger charge is -2.27. The molecule has 4 rings (SSSR count). The van der Waals surface area contributed by atoms with Crippen LogP contribution in [0.4, 0.5) is 5.69 Å². The van der Waals surface area contributed by atoms with E-state index in [0.29, 0.717) is 0 Å². The zero-order valence-corrected chi connectivity index (χ0v) is 25.3. The Labute approximate surface area is 230 Å². The zero-order valence-electron chi connectivity index (χ0n) is 23.6. The van der Waals surface area contributed by atoms with E-state index in [4.69, 9.17) is 0 Å². The number of para-hydroxylation sites is 2. The maximum atomic E-state index is 2.52. The van der Waals surface area contributed by atoms with Crippen LogP contribution < -0.4 is 9.47 Å². The van der Waals surface area contributed by atoms with Crippen molar-refractivity contribution in [3.63, 3.8) is 0 Å². The van der Waals surface area contributed by atoms with Gasteiger partial charge in [-0.1, -0.05) is 76.1 Å². The molecular formula is C33H47N2PS+2. The molecule has 2 heterocycles. The molecule has 0 radical (unpaired) electrons. The lowest BCUT2D eigenvalue weighted by molar-refractivity contribution is -0.671. The average Bonchev–Trinajstić information content (AvgIpc) is 3.25. The van der Waals surface area contributed by atoms with E-state index in [1.165, 1.54) is 102 Å². The summed E-state index contributed by atoms with van der Waals surface area (Å²) in [7, 11) is 1.34. The Morgan fingerprint density at radius 3 is 2.08 bits per heavy atom. The highest BCUT2D eigenvalue weighted by atomic mass is 32.2. The summed E-state index contributed by atoms with van der Waals surface area (Å²) in [6.45, 7) is 8.23. The highest BCUT2D eigenvalue weighted by molar-refractivity contribution is 8.03. The number of fused-ring (bicyclic) bond motifs is 2. The number of aryl methyl sites for hydroxylation is 1. The number of thioether (sulfide) groups is 1. The van der Waals surface area contributed by atoms with Crippen molar-refractivity contribution in [3.05, 3.63) is 71.4 Å². The van der Waals surface area contributed by atoms with Crippen LogP contribution in [0.25, 0.3) is 17.0 Å². The van der Waals surface area contributed by atoms with Crippen LogP contribution in [0.5, 0.6) is 0 Å². The number of hydrogen-bond acceptors (Lipinski definition) is 2. The molecule has 0 amide bonds. The third-order valence-electron chi connectivity index (χ3n) is 8.00. The SMILES string of the molecule is CCCC[P+](CCCC)(CCCC)CCC[n+]1ccc(/C=C2\Sc3ccccc3N2C)c2ccccc21. The minimum Gasteiger partial charge on any atom is -0.338 e. The number of hydrogen-bond donors (Lipinski definition) is 0. The van der Waals surface area contributed by atoms with E-state index >= 15 is 0 Å². The fourth-order valence-electron chi connectivity index (χ4n) is 5.74. The van der Waals surface area contributed by atoms with Crippen molar-refractivity contribution < 1.29 is 4.57 Å². The molecule has 0 unspecified atom stereocenters. The summed E-state index contributed by atoms with van der Waals surface area (Å²) in [6, 6.07) is 20.0. The van der Waals surface area contributed by atoms with Crippen molar-refractivity contribution in [3.8, 4) is 0 Å². The Morgan fingerprint density at radius 2 is 1.41 bits per heavy atom. The largest absolute Gasteiger partial charge is 0.338 e. The van der Waals surface area contributed by atoms with Crippen molar-refractivity contribution in [1.29, 1.82) is 0 Å². The second-order valence-electron chi connectivity index (χ2n) is 10.7. The quantitative estimate of drug-likeness (QED) is 0.150. The molecule has 0 spiro atoms. The molecule has 37 heavy (non-hydrogen) atoms. The number of nitrogens with zero attached hydrogens (tertiary/aromatic N) is 2. The van der Waals surface area contributed by atoms with Crippen molar-refractivity contribution in [1.82, 2.24) is 0 Å². The van der Waals surface area contributed by atoms with Gasteiger partial charge in [0, 0.05) is 37.8 Å². The van der Waals surface area contributed by atoms with Gasteiger partial charge in [0.25, 0.3) is 0 Å². The summed E-state index contributed by atoms with van der Waals surface area (Å²) >= 11 is 1.87. The Bertz CT molecular complexity index is 1170. The van der Waals surface area contributed by atoms with E-state index in [1.807, 2.05) is 11.8 Å². The number of benzene rings is 2. The highest BCUT2D eigenvalue weighted by Gasteiger charge is 2.35. The Morgan fingerprint density at radius 1 is 0.784 bits per heavy atom. The smallest absolute Gasteiger partial charge is 0.213 e. The van der Waals surface area contributed by atoms with Crippen LogP contribution in [0.15, 0.2) is 70.7 Å². The third-order valence-corrected chi connectivity index (χ3v) is 14.2. The molecule has 0 fully saturated rings. The maximum Gasteiger partial charge on any atom is 0.213 e. The molecule has 4 heteroatoms. The van der Waals surface area contributed by atoms with Gasteiger partial charge in [-0.2, -0.15) is 4.57 Å². The molecule has 1 aliphatic heterocycles. The van der Waals surface area contributed by atoms with E-state index in [0.717, 1.165) is 6.54 Å². The number of unbranched alkanes of at least 4 members (excludes halogenated alkanes) is 3. The van der Waals surface area contributed by atoms with Gasteiger partial charge in [0.2, 0.25) is 5.52 Å². The van der Waals surface area contributed by atoms with Gasteiger partial charge in [0.15, 0.2) is 12.7 Å². The molecule has 0 saturated heterocycles. The molecule has 2 aromatic carbocycles. The maximum absolute atomic E-state index is 2.52. The fraction of sp³-hybridized carbons (Fsp3) is 0.485. The highest BCUT2D eigenvalue weighted by Crippen LogP contribution is 2.61. The molecule has 3 aromatic rings. The second-order valence-corrected chi connectivity index (χ2v) is 16.3. The van der Waals surface area contributed by atoms with Crippen molar-refractivity contribution in [2.24, 2.45) is 0 Å². The predicted molar refractivity (Wildman–Crippen MR) is 169 cm³/mol. The minimum atomic E-state index is -0.840. The number of anilines is 1. The molecule has 0 aliphatic carbocycles. The first kappa shape index (κ1) is 28.2. The molecule has 0 atom stereocenters. The van der Waals surface area contributed by atoms with Gasteiger partial charge < -0.3 is 4.90 Å². The molecule has 1 aromatic heterocycles. The van der Waals surface area contributed by atoms with E-state index < -0.39 is 7.26 Å². The molecule has 0 bridgehead atoms. The van der Waals surface area contributed by atoms with Crippen LogP contribution >= 0.6 is 19.0 Å². The topological polar surface area (TPSA) is 7.12 Å². The molecule has 1 aliphatic rings. The second kappa shape index (κ2) is 13.8. The van der Waals surface area contributed by atoms with E-state index in [2.05, 4.69) is 104 Å². The minimum absolute atomic E-state index is 0.840. The third kappa shape index (κ3) is 6.98. The van der Waals surface area contributed by atoms with Crippen LogP contribution in [0, 0.1) is 0 Å². The Kier molecular flexibility index (Phi) is 10.5. The Balaban J connectivity index is 1.53. The molecule has 198 valence electrons. The molecule has 0 saturated carbocycles. The number of aromatic nitrogens is 1. The van der Waals surface area contributed by atoms with E-state index in [9.17, 15) is 0 Å². The summed E-state index contributed by atoms with van der Waals surface area (Å²) < 4.78 is 2.52.